The molecular formula is C22H20ClFN4O4. The number of amides is 1. The fourth-order valence-electron chi connectivity index (χ4n) is 2.60. The second-order valence-electron chi connectivity index (χ2n) is 6.30. The fraction of sp³-hybridized carbons (Fsp3) is 0.182. The molecular weight excluding hydrogens is 439 g/mol. The molecule has 0 aliphatic heterocycles. The molecule has 0 spiro atoms. The van der Waals surface area contributed by atoms with Gasteiger partial charge in [-0.3, -0.25) is 4.79 Å². The Hall–Kier alpha value is -3.72. The lowest BCUT2D eigenvalue weighted by molar-refractivity contribution is -0.114. The van der Waals surface area contributed by atoms with Gasteiger partial charge in [0.25, 0.3) is 17.7 Å². The highest BCUT2D eigenvalue weighted by Crippen LogP contribution is 2.33. The number of nitrogens with zero attached hydrogens (tertiary/aromatic N) is 3. The van der Waals surface area contributed by atoms with Crippen LogP contribution in [0.15, 0.2) is 53.9 Å². The minimum atomic E-state index is -0.926. The standard InChI is InChI=1S/C22H20ClFN4O4/c1-4-30-28-19(20(29)25-3)14-8-5-6-10-17(14)32-22-18(24)21(26-12-27-22)31-16-11-7-9-15(23)13(16)2/h5-12H,4H2,1-3H3,(H,25,29)/b28-19+. The number of benzene rings is 2. The van der Waals surface area contributed by atoms with Gasteiger partial charge in [-0.1, -0.05) is 35.0 Å². The lowest BCUT2D eigenvalue weighted by atomic mass is 10.1. The maximum atomic E-state index is 15.1. The Balaban J connectivity index is 1.96. The zero-order valence-corrected chi connectivity index (χ0v) is 18.3. The molecule has 166 valence electrons. The van der Waals surface area contributed by atoms with Crippen LogP contribution in [0.25, 0.3) is 0 Å². The molecule has 0 atom stereocenters. The molecule has 2 aromatic carbocycles. The summed E-state index contributed by atoms with van der Waals surface area (Å²) in [5, 5.41) is 6.82. The van der Waals surface area contributed by atoms with Gasteiger partial charge >= 0.3 is 0 Å². The van der Waals surface area contributed by atoms with Crippen LogP contribution in [0.3, 0.4) is 0 Å². The summed E-state index contributed by atoms with van der Waals surface area (Å²) in [6.45, 7) is 3.73. The molecule has 0 radical (unpaired) electrons. The van der Waals surface area contributed by atoms with E-state index >= 15 is 4.39 Å². The first-order valence-electron chi connectivity index (χ1n) is 9.59. The monoisotopic (exact) mass is 458 g/mol. The first-order valence-corrected chi connectivity index (χ1v) is 9.96. The average Bonchev–Trinajstić information content (AvgIpc) is 2.80. The van der Waals surface area contributed by atoms with E-state index in [1.54, 1.807) is 56.3 Å². The third-order valence-electron chi connectivity index (χ3n) is 4.23. The van der Waals surface area contributed by atoms with E-state index in [-0.39, 0.29) is 29.5 Å². The summed E-state index contributed by atoms with van der Waals surface area (Å²) in [6.07, 6.45) is 1.10. The minimum Gasteiger partial charge on any atom is -0.436 e. The summed E-state index contributed by atoms with van der Waals surface area (Å²) in [5.74, 6) is -1.69. The number of carbonyl (C=O) groups is 1. The topological polar surface area (TPSA) is 94.9 Å². The van der Waals surface area contributed by atoms with Crippen molar-refractivity contribution in [3.8, 4) is 23.3 Å². The summed E-state index contributed by atoms with van der Waals surface area (Å²) in [4.78, 5) is 25.1. The molecule has 0 saturated carbocycles. The summed E-state index contributed by atoms with van der Waals surface area (Å²) >= 11 is 6.09. The van der Waals surface area contributed by atoms with E-state index in [1.165, 1.54) is 7.05 Å². The van der Waals surface area contributed by atoms with E-state index in [9.17, 15) is 4.79 Å². The normalized spacial score (nSPS) is 11.1. The molecule has 0 aliphatic carbocycles. The molecule has 3 rings (SSSR count). The molecule has 10 heteroatoms. The highest BCUT2D eigenvalue weighted by Gasteiger charge is 2.22. The lowest BCUT2D eigenvalue weighted by Crippen LogP contribution is -2.29. The van der Waals surface area contributed by atoms with Crippen molar-refractivity contribution in [3.05, 3.63) is 70.8 Å². The third kappa shape index (κ3) is 5.12. The van der Waals surface area contributed by atoms with E-state index in [2.05, 4.69) is 20.4 Å². The van der Waals surface area contributed by atoms with Crippen LogP contribution < -0.4 is 14.8 Å². The van der Waals surface area contributed by atoms with Gasteiger partial charge in [-0.25, -0.2) is 0 Å². The van der Waals surface area contributed by atoms with Gasteiger partial charge in [0.2, 0.25) is 5.82 Å². The van der Waals surface area contributed by atoms with E-state index in [1.807, 2.05) is 0 Å². The maximum Gasteiger partial charge on any atom is 0.273 e. The molecule has 0 fully saturated rings. The number of para-hydroxylation sites is 1. The van der Waals surface area contributed by atoms with Crippen molar-refractivity contribution >= 4 is 23.2 Å². The number of oxime groups is 1. The second-order valence-corrected chi connectivity index (χ2v) is 6.71. The van der Waals surface area contributed by atoms with Crippen molar-refractivity contribution in [1.82, 2.24) is 15.3 Å². The van der Waals surface area contributed by atoms with Crippen molar-refractivity contribution in [2.75, 3.05) is 13.7 Å². The highest BCUT2D eigenvalue weighted by molar-refractivity contribution is 6.45. The Morgan fingerprint density at radius 3 is 2.44 bits per heavy atom. The molecule has 0 bridgehead atoms. The minimum absolute atomic E-state index is 0.0366. The number of likely N-dealkylation sites (N-methyl/N-ethyl adjacent to an activating group) is 1. The van der Waals surface area contributed by atoms with Crippen LogP contribution in [0.5, 0.6) is 23.3 Å². The summed E-state index contributed by atoms with van der Waals surface area (Å²) in [6, 6.07) is 11.5. The van der Waals surface area contributed by atoms with Crippen LogP contribution in [0, 0.1) is 12.7 Å². The molecule has 8 nitrogen and oxygen atoms in total. The Labute approximate surface area is 189 Å². The smallest absolute Gasteiger partial charge is 0.273 e. The van der Waals surface area contributed by atoms with Crippen LogP contribution in [0.2, 0.25) is 5.02 Å². The van der Waals surface area contributed by atoms with Crippen molar-refractivity contribution in [2.24, 2.45) is 5.16 Å². The second kappa shape index (κ2) is 10.5. The predicted octanol–water partition coefficient (Wildman–Crippen LogP) is 4.65. The Morgan fingerprint density at radius 2 is 1.75 bits per heavy atom. The number of hydrogen-bond donors (Lipinski definition) is 1. The number of hydrogen-bond acceptors (Lipinski definition) is 7. The van der Waals surface area contributed by atoms with Gasteiger partial charge in [-0.05, 0) is 38.1 Å². The zero-order valence-electron chi connectivity index (χ0n) is 17.6. The van der Waals surface area contributed by atoms with Gasteiger partial charge in [0.05, 0.1) is 5.56 Å². The molecule has 1 amide bonds. The third-order valence-corrected chi connectivity index (χ3v) is 4.64. The first kappa shape index (κ1) is 23.0. The van der Waals surface area contributed by atoms with Gasteiger partial charge in [0, 0.05) is 17.6 Å². The van der Waals surface area contributed by atoms with Crippen LogP contribution >= 0.6 is 11.6 Å². The Kier molecular flexibility index (Phi) is 7.56. The predicted molar refractivity (Wildman–Crippen MR) is 117 cm³/mol. The fourth-order valence-corrected chi connectivity index (χ4v) is 2.77. The van der Waals surface area contributed by atoms with Gasteiger partial charge in [-0.2, -0.15) is 14.4 Å². The average molecular weight is 459 g/mol. The molecule has 0 unspecified atom stereocenters. The SMILES string of the molecule is CCO/N=C(/C(=O)NC)c1ccccc1Oc1ncnc(Oc2cccc(Cl)c2C)c1F. The van der Waals surface area contributed by atoms with Crippen LogP contribution in [0.4, 0.5) is 4.39 Å². The van der Waals surface area contributed by atoms with Crippen LogP contribution in [-0.4, -0.2) is 35.2 Å². The quantitative estimate of drug-likeness (QED) is 0.390. The van der Waals surface area contributed by atoms with E-state index in [4.69, 9.17) is 25.9 Å². The van der Waals surface area contributed by atoms with E-state index in [0.717, 1.165) is 6.33 Å². The zero-order chi connectivity index (χ0) is 23.1. The molecule has 0 aliphatic rings. The van der Waals surface area contributed by atoms with Gasteiger partial charge in [-0.15, -0.1) is 0 Å². The number of halogens is 2. The first-order chi connectivity index (χ1) is 15.5. The highest BCUT2D eigenvalue weighted by atomic mass is 35.5. The maximum absolute atomic E-state index is 15.1. The summed E-state index contributed by atoms with van der Waals surface area (Å²) in [5.41, 5.74) is 0.874. The van der Waals surface area contributed by atoms with Crippen molar-refractivity contribution in [2.45, 2.75) is 13.8 Å². The molecule has 0 saturated heterocycles. The molecule has 1 N–H and O–H groups in total. The van der Waals surface area contributed by atoms with Crippen molar-refractivity contribution in [3.63, 3.8) is 0 Å². The number of aromatic nitrogens is 2. The number of rotatable bonds is 8. The van der Waals surface area contributed by atoms with Gasteiger partial charge in [0.15, 0.2) is 5.71 Å². The largest absolute Gasteiger partial charge is 0.436 e. The number of carbonyl (C=O) groups excluding carboxylic acids is 1. The van der Waals surface area contributed by atoms with Crippen molar-refractivity contribution < 1.29 is 23.5 Å². The van der Waals surface area contributed by atoms with Gasteiger partial charge < -0.3 is 19.6 Å². The Morgan fingerprint density at radius 1 is 1.09 bits per heavy atom. The lowest BCUT2D eigenvalue weighted by Gasteiger charge is -2.13. The van der Waals surface area contributed by atoms with E-state index < -0.39 is 17.6 Å². The molecule has 1 aromatic heterocycles. The number of nitrogens with one attached hydrogen (secondary N) is 1. The van der Waals surface area contributed by atoms with Crippen molar-refractivity contribution in [1.29, 1.82) is 0 Å². The molecule has 1 heterocycles. The molecule has 3 aromatic rings. The molecule has 32 heavy (non-hydrogen) atoms. The van der Waals surface area contributed by atoms with E-state index in [0.29, 0.717) is 16.3 Å². The van der Waals surface area contributed by atoms with Gasteiger partial charge in [0.1, 0.15) is 24.4 Å². The summed E-state index contributed by atoms with van der Waals surface area (Å²) < 4.78 is 26.4. The van der Waals surface area contributed by atoms with Crippen LogP contribution in [-0.2, 0) is 9.63 Å². The Bertz CT molecular complexity index is 1160. The number of ether oxygens (including phenoxy) is 2. The van der Waals surface area contributed by atoms with Crippen LogP contribution in [0.1, 0.15) is 18.1 Å². The summed E-state index contributed by atoms with van der Waals surface area (Å²) in [7, 11) is 1.46.